The van der Waals surface area contributed by atoms with E-state index in [4.69, 9.17) is 0 Å². The van der Waals surface area contributed by atoms with Gasteiger partial charge in [-0.2, -0.15) is 16.9 Å². The first-order valence-corrected chi connectivity index (χ1v) is 7.14. The van der Waals surface area contributed by atoms with Crippen LogP contribution in [0.4, 0.5) is 5.82 Å². The Morgan fingerprint density at radius 3 is 3.12 bits per heavy atom. The minimum atomic E-state index is 0.635. The van der Waals surface area contributed by atoms with Crippen LogP contribution in [0.2, 0.25) is 0 Å². The third kappa shape index (κ3) is 2.91. The number of hydrogen-bond acceptors (Lipinski definition) is 4. The molecule has 1 N–H and O–H groups in total. The summed E-state index contributed by atoms with van der Waals surface area (Å²) in [5, 5.41) is 7.77. The van der Waals surface area contributed by atoms with Crippen molar-refractivity contribution in [2.24, 2.45) is 5.92 Å². The zero-order valence-electron chi connectivity index (χ0n) is 10.5. The van der Waals surface area contributed by atoms with Crippen LogP contribution in [0.5, 0.6) is 0 Å². The Morgan fingerprint density at radius 1 is 1.53 bits per heavy atom. The van der Waals surface area contributed by atoms with Gasteiger partial charge in [-0.1, -0.05) is 6.92 Å². The molecule has 2 heterocycles. The number of hydrogen-bond donors (Lipinski definition) is 1. The molecule has 17 heavy (non-hydrogen) atoms. The molecule has 2 aromatic heterocycles. The topological polar surface area (TPSA) is 42.2 Å². The Labute approximate surface area is 106 Å². The third-order valence-electron chi connectivity index (χ3n) is 2.58. The first-order valence-electron chi connectivity index (χ1n) is 5.74. The van der Waals surface area contributed by atoms with Gasteiger partial charge in [-0.05, 0) is 30.9 Å². The molecule has 4 nitrogen and oxygen atoms in total. The Morgan fingerprint density at radius 2 is 2.35 bits per heavy atom. The number of fused-ring (bicyclic) bond motifs is 1. The number of rotatable bonds is 5. The normalized spacial score (nSPS) is 12.9. The van der Waals surface area contributed by atoms with E-state index < -0.39 is 0 Å². The van der Waals surface area contributed by atoms with Gasteiger partial charge in [0.25, 0.3) is 0 Å². The Hall–Kier alpha value is -1.23. The lowest BCUT2D eigenvalue weighted by atomic mass is 10.2. The molecule has 0 spiro atoms. The van der Waals surface area contributed by atoms with Crippen molar-refractivity contribution in [2.75, 3.05) is 23.9 Å². The molecule has 0 saturated carbocycles. The average molecular weight is 250 g/mol. The molecule has 0 radical (unpaired) electrons. The molecule has 0 bridgehead atoms. The van der Waals surface area contributed by atoms with Crippen LogP contribution in [0.15, 0.2) is 18.5 Å². The second-order valence-corrected chi connectivity index (χ2v) is 5.24. The predicted octanol–water partition coefficient (Wildman–Crippen LogP) is 2.45. The van der Waals surface area contributed by atoms with Crippen LogP contribution in [0, 0.1) is 12.8 Å². The summed E-state index contributed by atoms with van der Waals surface area (Å²) in [6.07, 6.45) is 5.79. The van der Waals surface area contributed by atoms with Crippen LogP contribution in [-0.2, 0) is 0 Å². The van der Waals surface area contributed by atoms with Crippen LogP contribution in [0.25, 0.3) is 5.52 Å². The van der Waals surface area contributed by atoms with Crippen molar-refractivity contribution in [2.45, 2.75) is 13.8 Å². The predicted molar refractivity (Wildman–Crippen MR) is 73.8 cm³/mol. The summed E-state index contributed by atoms with van der Waals surface area (Å²) in [4.78, 5) is 4.37. The van der Waals surface area contributed by atoms with E-state index in [1.54, 1.807) is 6.20 Å². The molecule has 2 rings (SSSR count). The van der Waals surface area contributed by atoms with E-state index in [9.17, 15) is 0 Å². The molecule has 0 amide bonds. The lowest BCUT2D eigenvalue weighted by molar-refractivity contribution is 0.699. The summed E-state index contributed by atoms with van der Waals surface area (Å²) in [7, 11) is 0. The zero-order chi connectivity index (χ0) is 12.3. The van der Waals surface area contributed by atoms with Crippen LogP contribution in [0.1, 0.15) is 12.6 Å². The Bertz CT molecular complexity index is 494. The van der Waals surface area contributed by atoms with Gasteiger partial charge in [-0.3, -0.25) is 0 Å². The number of aromatic nitrogens is 3. The van der Waals surface area contributed by atoms with Crippen LogP contribution < -0.4 is 5.32 Å². The molecule has 0 fully saturated rings. The minimum Gasteiger partial charge on any atom is -0.368 e. The van der Waals surface area contributed by atoms with Crippen molar-refractivity contribution < 1.29 is 0 Å². The van der Waals surface area contributed by atoms with Crippen molar-refractivity contribution in [3.8, 4) is 0 Å². The van der Waals surface area contributed by atoms with Crippen LogP contribution in [-0.4, -0.2) is 33.2 Å². The van der Waals surface area contributed by atoms with E-state index in [1.165, 1.54) is 0 Å². The fourth-order valence-electron chi connectivity index (χ4n) is 1.79. The van der Waals surface area contributed by atoms with Crippen molar-refractivity contribution >= 4 is 23.1 Å². The lowest BCUT2D eigenvalue weighted by Crippen LogP contribution is -2.14. The van der Waals surface area contributed by atoms with Gasteiger partial charge in [0.2, 0.25) is 0 Å². The molecule has 2 aromatic rings. The smallest absolute Gasteiger partial charge is 0.152 e. The van der Waals surface area contributed by atoms with E-state index in [0.29, 0.717) is 5.92 Å². The van der Waals surface area contributed by atoms with Crippen molar-refractivity contribution in [1.29, 1.82) is 0 Å². The number of anilines is 1. The summed E-state index contributed by atoms with van der Waals surface area (Å²) in [5.74, 6) is 2.71. The number of thioether (sulfide) groups is 1. The van der Waals surface area contributed by atoms with Gasteiger partial charge in [0.1, 0.15) is 5.52 Å². The van der Waals surface area contributed by atoms with Gasteiger partial charge in [-0.15, -0.1) is 0 Å². The van der Waals surface area contributed by atoms with Crippen molar-refractivity contribution in [3.05, 3.63) is 24.2 Å². The fourth-order valence-corrected chi connectivity index (χ4v) is 2.48. The van der Waals surface area contributed by atoms with Gasteiger partial charge >= 0.3 is 0 Å². The maximum Gasteiger partial charge on any atom is 0.152 e. The average Bonchev–Trinajstić information content (AvgIpc) is 2.67. The quantitative estimate of drug-likeness (QED) is 0.885. The van der Waals surface area contributed by atoms with E-state index in [0.717, 1.165) is 29.3 Å². The standard InChI is InChI=1S/C12H18N4S/c1-9(8-17-3)7-14-12-11-6-10(2)15-16(11)5-4-13-12/h4-6,9H,7-8H2,1-3H3,(H,13,14). The highest BCUT2D eigenvalue weighted by molar-refractivity contribution is 7.98. The maximum absolute atomic E-state index is 4.37. The van der Waals surface area contributed by atoms with Crippen LogP contribution in [0.3, 0.4) is 0 Å². The SMILES string of the molecule is CSCC(C)CNc1nccn2nc(C)cc12. The maximum atomic E-state index is 4.37. The number of nitrogens with zero attached hydrogens (tertiary/aromatic N) is 3. The lowest BCUT2D eigenvalue weighted by Gasteiger charge is -2.12. The highest BCUT2D eigenvalue weighted by Crippen LogP contribution is 2.15. The second-order valence-electron chi connectivity index (χ2n) is 4.33. The summed E-state index contributed by atoms with van der Waals surface area (Å²) in [5.41, 5.74) is 2.06. The molecule has 1 atom stereocenters. The molecular formula is C12H18N4S. The van der Waals surface area contributed by atoms with E-state index in [2.05, 4.69) is 34.6 Å². The van der Waals surface area contributed by atoms with Crippen molar-refractivity contribution in [1.82, 2.24) is 14.6 Å². The largest absolute Gasteiger partial charge is 0.368 e. The molecule has 0 aromatic carbocycles. The minimum absolute atomic E-state index is 0.635. The third-order valence-corrected chi connectivity index (χ3v) is 3.48. The highest BCUT2D eigenvalue weighted by Gasteiger charge is 2.06. The molecule has 1 unspecified atom stereocenters. The van der Waals surface area contributed by atoms with E-state index >= 15 is 0 Å². The van der Waals surface area contributed by atoms with Gasteiger partial charge in [0, 0.05) is 18.9 Å². The fraction of sp³-hybridized carbons (Fsp3) is 0.500. The first kappa shape index (κ1) is 12.2. The monoisotopic (exact) mass is 250 g/mol. The summed E-state index contributed by atoms with van der Waals surface area (Å²) < 4.78 is 1.86. The Balaban J connectivity index is 2.12. The molecule has 0 aliphatic heterocycles. The van der Waals surface area contributed by atoms with E-state index in [1.807, 2.05) is 29.4 Å². The molecule has 0 aliphatic carbocycles. The summed E-state index contributed by atoms with van der Waals surface area (Å²) in [6, 6.07) is 2.05. The molecule has 92 valence electrons. The van der Waals surface area contributed by atoms with Gasteiger partial charge in [-0.25, -0.2) is 9.50 Å². The van der Waals surface area contributed by atoms with Crippen molar-refractivity contribution in [3.63, 3.8) is 0 Å². The van der Waals surface area contributed by atoms with Gasteiger partial charge in [0.05, 0.1) is 5.69 Å². The Kier molecular flexibility index (Phi) is 3.89. The van der Waals surface area contributed by atoms with Gasteiger partial charge < -0.3 is 5.32 Å². The molecule has 0 saturated heterocycles. The summed E-state index contributed by atoms with van der Waals surface area (Å²) >= 11 is 1.87. The van der Waals surface area contributed by atoms with Gasteiger partial charge in [0.15, 0.2) is 5.82 Å². The second kappa shape index (κ2) is 5.40. The van der Waals surface area contributed by atoms with Crippen LogP contribution >= 0.6 is 11.8 Å². The molecule has 5 heteroatoms. The first-order chi connectivity index (χ1) is 8.20. The van der Waals surface area contributed by atoms with E-state index in [-0.39, 0.29) is 0 Å². The summed E-state index contributed by atoms with van der Waals surface area (Å²) in [6.45, 7) is 5.18. The number of nitrogens with one attached hydrogen (secondary N) is 1. The molecular weight excluding hydrogens is 232 g/mol. The number of aryl methyl sites for hydroxylation is 1. The molecule has 0 aliphatic rings. The zero-order valence-corrected chi connectivity index (χ0v) is 11.3. The highest BCUT2D eigenvalue weighted by atomic mass is 32.2.